The number of hydrogen-bond donors (Lipinski definition) is 1. The van der Waals surface area contributed by atoms with Gasteiger partial charge in [-0.25, -0.2) is 0 Å². The molecular formula is C11H17N3O. The number of nitrogens with one attached hydrogen (secondary N) is 1. The molecule has 1 heterocycles. The maximum absolute atomic E-state index is 11.6. The Balaban J connectivity index is 2.90. The van der Waals surface area contributed by atoms with Crippen LogP contribution >= 0.6 is 0 Å². The summed E-state index contributed by atoms with van der Waals surface area (Å²) in [5.41, 5.74) is -0.121. The molecule has 1 aliphatic rings. The molecule has 82 valence electrons. The van der Waals surface area contributed by atoms with Gasteiger partial charge in [-0.2, -0.15) is 5.26 Å². The minimum atomic E-state index is -0.350. The molecule has 1 aliphatic heterocycles. The van der Waals surface area contributed by atoms with Crippen molar-refractivity contribution in [3.05, 3.63) is 12.7 Å². The predicted molar refractivity (Wildman–Crippen MR) is 58.0 cm³/mol. The van der Waals surface area contributed by atoms with E-state index in [1.54, 1.807) is 6.08 Å². The molecule has 15 heavy (non-hydrogen) atoms. The molecule has 0 saturated carbocycles. The molecular weight excluding hydrogens is 190 g/mol. The van der Waals surface area contributed by atoms with E-state index in [0.717, 1.165) is 0 Å². The highest BCUT2D eigenvalue weighted by Crippen LogP contribution is 2.22. The van der Waals surface area contributed by atoms with Gasteiger partial charge in [-0.3, -0.25) is 9.69 Å². The van der Waals surface area contributed by atoms with Crippen molar-refractivity contribution >= 4 is 5.91 Å². The number of hydrogen-bond acceptors (Lipinski definition) is 3. The zero-order valence-corrected chi connectivity index (χ0v) is 9.29. The van der Waals surface area contributed by atoms with Crippen LogP contribution in [0.15, 0.2) is 12.7 Å². The van der Waals surface area contributed by atoms with Gasteiger partial charge in [-0.15, -0.1) is 6.58 Å². The topological polar surface area (TPSA) is 56.1 Å². The maximum Gasteiger partial charge on any atom is 0.238 e. The Hall–Kier alpha value is -1.34. The second-order valence-electron chi connectivity index (χ2n) is 4.35. The largest absolute Gasteiger partial charge is 0.353 e. The Morgan fingerprint density at radius 1 is 1.80 bits per heavy atom. The molecule has 0 radical (unpaired) electrons. The van der Waals surface area contributed by atoms with Gasteiger partial charge in [0.25, 0.3) is 0 Å². The van der Waals surface area contributed by atoms with E-state index in [2.05, 4.69) is 31.8 Å². The number of rotatable bonds is 3. The Labute approximate surface area is 90.6 Å². The van der Waals surface area contributed by atoms with Crippen LogP contribution in [-0.2, 0) is 4.79 Å². The normalized spacial score (nSPS) is 25.4. The van der Waals surface area contributed by atoms with Gasteiger partial charge in [0.05, 0.1) is 12.5 Å². The average molecular weight is 207 g/mol. The van der Waals surface area contributed by atoms with E-state index < -0.39 is 0 Å². The highest BCUT2D eigenvalue weighted by molar-refractivity contribution is 5.83. The van der Waals surface area contributed by atoms with Crippen LogP contribution in [0.1, 0.15) is 20.3 Å². The highest BCUT2D eigenvalue weighted by Gasteiger charge is 2.40. The quantitative estimate of drug-likeness (QED) is 0.692. The molecule has 0 bridgehead atoms. The molecule has 1 amide bonds. The summed E-state index contributed by atoms with van der Waals surface area (Å²) >= 11 is 0. The lowest BCUT2D eigenvalue weighted by Gasteiger charge is -2.46. The molecule has 0 aliphatic carbocycles. The number of piperazine rings is 1. The molecule has 0 aromatic carbocycles. The van der Waals surface area contributed by atoms with Crippen LogP contribution in [0, 0.1) is 11.3 Å². The Morgan fingerprint density at radius 2 is 2.47 bits per heavy atom. The van der Waals surface area contributed by atoms with Crippen LogP contribution in [-0.4, -0.2) is 35.5 Å². The van der Waals surface area contributed by atoms with Crippen LogP contribution in [0.3, 0.4) is 0 Å². The fourth-order valence-corrected chi connectivity index (χ4v) is 1.89. The van der Waals surface area contributed by atoms with E-state index >= 15 is 0 Å². The first kappa shape index (κ1) is 11.7. The van der Waals surface area contributed by atoms with Crippen molar-refractivity contribution in [2.75, 3.05) is 13.1 Å². The molecule has 4 heteroatoms. The van der Waals surface area contributed by atoms with Gasteiger partial charge in [0.2, 0.25) is 5.91 Å². The van der Waals surface area contributed by atoms with E-state index in [0.29, 0.717) is 13.1 Å². The summed E-state index contributed by atoms with van der Waals surface area (Å²) in [4.78, 5) is 13.6. The molecule has 4 nitrogen and oxygen atoms in total. The summed E-state index contributed by atoms with van der Waals surface area (Å²) in [6.07, 6.45) is 1.99. The van der Waals surface area contributed by atoms with E-state index in [4.69, 9.17) is 5.26 Å². The molecule has 1 fully saturated rings. The van der Waals surface area contributed by atoms with Gasteiger partial charge in [-0.05, 0) is 13.8 Å². The van der Waals surface area contributed by atoms with Crippen LogP contribution < -0.4 is 5.32 Å². The SMILES string of the molecule is C=CCN1C(CC#N)C(=O)NCC1(C)C. The first-order chi connectivity index (χ1) is 7.03. The average Bonchev–Trinajstić information content (AvgIpc) is 2.18. The monoisotopic (exact) mass is 207 g/mol. The first-order valence-corrected chi connectivity index (χ1v) is 5.05. The summed E-state index contributed by atoms with van der Waals surface area (Å²) in [5, 5.41) is 11.5. The summed E-state index contributed by atoms with van der Waals surface area (Å²) in [7, 11) is 0. The smallest absolute Gasteiger partial charge is 0.238 e. The lowest BCUT2D eigenvalue weighted by molar-refractivity contribution is -0.133. The Bertz CT molecular complexity index is 303. The molecule has 1 unspecified atom stereocenters. The second-order valence-corrected chi connectivity index (χ2v) is 4.35. The third-order valence-corrected chi connectivity index (χ3v) is 2.76. The third kappa shape index (κ3) is 2.37. The van der Waals surface area contributed by atoms with Gasteiger partial charge < -0.3 is 5.32 Å². The number of nitrogens with zero attached hydrogens (tertiary/aromatic N) is 2. The van der Waals surface area contributed by atoms with Gasteiger partial charge >= 0.3 is 0 Å². The Morgan fingerprint density at radius 3 is 3.00 bits per heavy atom. The zero-order chi connectivity index (χ0) is 11.5. The van der Waals surface area contributed by atoms with Crippen molar-refractivity contribution in [1.82, 2.24) is 10.2 Å². The van der Waals surface area contributed by atoms with Crippen molar-refractivity contribution in [3.8, 4) is 6.07 Å². The van der Waals surface area contributed by atoms with Gasteiger partial charge in [0.1, 0.15) is 6.04 Å². The van der Waals surface area contributed by atoms with Crippen LogP contribution in [0.5, 0.6) is 0 Å². The second kappa shape index (κ2) is 4.45. The Kier molecular flexibility index (Phi) is 3.48. The third-order valence-electron chi connectivity index (χ3n) is 2.76. The lowest BCUT2D eigenvalue weighted by Crippen LogP contribution is -2.65. The van der Waals surface area contributed by atoms with Crippen molar-refractivity contribution < 1.29 is 4.79 Å². The summed E-state index contributed by atoms with van der Waals surface area (Å²) in [6.45, 7) is 9.04. The van der Waals surface area contributed by atoms with Crippen LogP contribution in [0.25, 0.3) is 0 Å². The summed E-state index contributed by atoms with van der Waals surface area (Å²) in [5.74, 6) is -0.0577. The maximum atomic E-state index is 11.6. The standard InChI is InChI=1S/C11H17N3O/c1-4-7-14-9(5-6-12)10(15)13-8-11(14,2)3/h4,9H,1,5,7-8H2,2-3H3,(H,13,15). The van der Waals surface area contributed by atoms with Crippen LogP contribution in [0.4, 0.5) is 0 Å². The first-order valence-electron chi connectivity index (χ1n) is 5.05. The molecule has 0 aromatic heterocycles. The van der Waals surface area contributed by atoms with Gasteiger partial charge in [0.15, 0.2) is 0 Å². The fourth-order valence-electron chi connectivity index (χ4n) is 1.89. The van der Waals surface area contributed by atoms with Crippen molar-refractivity contribution in [1.29, 1.82) is 5.26 Å². The molecule has 0 aromatic rings. The summed E-state index contributed by atoms with van der Waals surface area (Å²) < 4.78 is 0. The van der Waals surface area contributed by atoms with E-state index in [9.17, 15) is 4.79 Å². The van der Waals surface area contributed by atoms with E-state index in [-0.39, 0.29) is 23.9 Å². The molecule has 0 spiro atoms. The molecule has 1 atom stereocenters. The zero-order valence-electron chi connectivity index (χ0n) is 9.29. The van der Waals surface area contributed by atoms with Crippen molar-refractivity contribution in [2.45, 2.75) is 31.8 Å². The molecule has 1 rings (SSSR count). The highest BCUT2D eigenvalue weighted by atomic mass is 16.2. The summed E-state index contributed by atoms with van der Waals surface area (Å²) in [6, 6.07) is 1.71. The van der Waals surface area contributed by atoms with Crippen molar-refractivity contribution in [2.24, 2.45) is 0 Å². The number of amides is 1. The van der Waals surface area contributed by atoms with Gasteiger partial charge in [-0.1, -0.05) is 6.08 Å². The van der Waals surface area contributed by atoms with Crippen LogP contribution in [0.2, 0.25) is 0 Å². The van der Waals surface area contributed by atoms with Gasteiger partial charge in [0, 0.05) is 18.6 Å². The minimum Gasteiger partial charge on any atom is -0.353 e. The van der Waals surface area contributed by atoms with E-state index in [1.165, 1.54) is 0 Å². The number of nitriles is 1. The predicted octanol–water partition coefficient (Wildman–Crippen LogP) is 0.665. The minimum absolute atomic E-state index is 0.0577. The molecule has 1 N–H and O–H groups in total. The van der Waals surface area contributed by atoms with Crippen molar-refractivity contribution in [3.63, 3.8) is 0 Å². The number of carbonyl (C=O) groups is 1. The molecule has 1 saturated heterocycles. The van der Waals surface area contributed by atoms with E-state index in [1.807, 2.05) is 4.90 Å². The number of carbonyl (C=O) groups excluding carboxylic acids is 1. The lowest BCUT2D eigenvalue weighted by atomic mass is 9.94. The fraction of sp³-hybridized carbons (Fsp3) is 0.636.